The van der Waals surface area contributed by atoms with Gasteiger partial charge < -0.3 is 10.1 Å². The van der Waals surface area contributed by atoms with Crippen LogP contribution in [0.1, 0.15) is 39.2 Å². The average molecular weight is 270 g/mol. The Bertz CT molecular complexity index is 366. The van der Waals surface area contributed by atoms with Crippen LogP contribution >= 0.6 is 11.6 Å². The number of nitrogens with one attached hydrogen (secondary N) is 1. The molecule has 1 aromatic rings. The van der Waals surface area contributed by atoms with Crippen molar-refractivity contribution in [3.8, 4) is 5.75 Å². The highest BCUT2D eigenvalue weighted by molar-refractivity contribution is 6.32. The molecule has 18 heavy (non-hydrogen) atoms. The van der Waals surface area contributed by atoms with Gasteiger partial charge in [0.25, 0.3) is 0 Å². The lowest BCUT2D eigenvalue weighted by molar-refractivity contribution is 0.183. The molecular weight excluding hydrogens is 246 g/mol. The predicted molar refractivity (Wildman–Crippen MR) is 78.7 cm³/mol. The summed E-state index contributed by atoms with van der Waals surface area (Å²) in [4.78, 5) is 0. The van der Waals surface area contributed by atoms with Gasteiger partial charge in [0, 0.05) is 12.6 Å². The summed E-state index contributed by atoms with van der Waals surface area (Å²) in [5, 5.41) is 4.10. The first kappa shape index (κ1) is 15.3. The van der Waals surface area contributed by atoms with Crippen molar-refractivity contribution in [3.63, 3.8) is 0 Å². The quantitative estimate of drug-likeness (QED) is 0.801. The van der Waals surface area contributed by atoms with Crippen molar-refractivity contribution in [2.24, 2.45) is 0 Å². The third-order valence-corrected chi connectivity index (χ3v) is 3.06. The van der Waals surface area contributed by atoms with Crippen molar-refractivity contribution in [1.29, 1.82) is 0 Å². The first-order valence-corrected chi connectivity index (χ1v) is 7.07. The number of hydrogen-bond donors (Lipinski definition) is 1. The number of ether oxygens (including phenoxy) is 1. The standard InChI is InChI=1S/C15H24ClNO/c1-5-6-13(10-17-11(2)3)18-15-9-12(4)7-8-14(15)16/h7-9,11,13,17H,5-6,10H2,1-4H3. The summed E-state index contributed by atoms with van der Waals surface area (Å²) in [6.07, 6.45) is 2.31. The van der Waals surface area contributed by atoms with Crippen molar-refractivity contribution in [1.82, 2.24) is 5.32 Å². The molecule has 0 aliphatic rings. The van der Waals surface area contributed by atoms with E-state index in [9.17, 15) is 0 Å². The Morgan fingerprint density at radius 2 is 2.06 bits per heavy atom. The fraction of sp³-hybridized carbons (Fsp3) is 0.600. The van der Waals surface area contributed by atoms with Gasteiger partial charge in [0.1, 0.15) is 11.9 Å². The van der Waals surface area contributed by atoms with Gasteiger partial charge >= 0.3 is 0 Å². The molecule has 0 aliphatic carbocycles. The predicted octanol–water partition coefficient (Wildman–Crippen LogP) is 4.19. The molecule has 0 spiro atoms. The Hall–Kier alpha value is -0.730. The lowest BCUT2D eigenvalue weighted by Crippen LogP contribution is -2.35. The molecule has 1 aromatic carbocycles. The van der Waals surface area contributed by atoms with Crippen LogP contribution in [0.5, 0.6) is 5.75 Å². The van der Waals surface area contributed by atoms with Crippen molar-refractivity contribution in [3.05, 3.63) is 28.8 Å². The lowest BCUT2D eigenvalue weighted by atomic mass is 10.2. The Morgan fingerprint density at radius 3 is 2.67 bits per heavy atom. The fourth-order valence-electron chi connectivity index (χ4n) is 1.77. The van der Waals surface area contributed by atoms with Crippen molar-refractivity contribution < 1.29 is 4.74 Å². The molecule has 0 fully saturated rings. The monoisotopic (exact) mass is 269 g/mol. The highest BCUT2D eigenvalue weighted by Crippen LogP contribution is 2.26. The Balaban J connectivity index is 2.66. The molecule has 0 saturated carbocycles. The van der Waals surface area contributed by atoms with Gasteiger partial charge in [0.05, 0.1) is 5.02 Å². The highest BCUT2D eigenvalue weighted by atomic mass is 35.5. The second kappa shape index (κ2) is 7.65. The number of halogens is 1. The van der Waals surface area contributed by atoms with Gasteiger partial charge in [-0.25, -0.2) is 0 Å². The lowest BCUT2D eigenvalue weighted by Gasteiger charge is -2.21. The van der Waals surface area contributed by atoms with Gasteiger partial charge in [-0.05, 0) is 31.0 Å². The van der Waals surface area contributed by atoms with Crippen LogP contribution in [0, 0.1) is 6.92 Å². The Kier molecular flexibility index (Phi) is 6.51. The molecule has 0 heterocycles. The largest absolute Gasteiger partial charge is 0.488 e. The summed E-state index contributed by atoms with van der Waals surface area (Å²) in [6, 6.07) is 6.36. The second-order valence-electron chi connectivity index (χ2n) is 5.03. The van der Waals surface area contributed by atoms with Crippen molar-refractivity contribution in [2.75, 3.05) is 6.54 Å². The molecule has 2 nitrogen and oxygen atoms in total. The van der Waals surface area contributed by atoms with Gasteiger partial charge in [-0.3, -0.25) is 0 Å². The zero-order valence-electron chi connectivity index (χ0n) is 11.8. The third kappa shape index (κ3) is 5.28. The van der Waals surface area contributed by atoms with E-state index in [0.29, 0.717) is 11.1 Å². The summed E-state index contributed by atoms with van der Waals surface area (Å²) in [6.45, 7) is 9.36. The zero-order valence-corrected chi connectivity index (χ0v) is 12.6. The van der Waals surface area contributed by atoms with E-state index in [1.54, 1.807) is 0 Å². The van der Waals surface area contributed by atoms with E-state index in [2.05, 4.69) is 26.1 Å². The first-order chi connectivity index (χ1) is 8.52. The van der Waals surface area contributed by atoms with Gasteiger partial charge in [-0.2, -0.15) is 0 Å². The highest BCUT2D eigenvalue weighted by Gasteiger charge is 2.12. The van der Waals surface area contributed by atoms with Crippen molar-refractivity contribution in [2.45, 2.75) is 52.7 Å². The molecule has 1 N–H and O–H groups in total. The van der Waals surface area contributed by atoms with Crippen LogP contribution in [-0.4, -0.2) is 18.7 Å². The topological polar surface area (TPSA) is 21.3 Å². The summed E-state index contributed by atoms with van der Waals surface area (Å²) in [7, 11) is 0. The first-order valence-electron chi connectivity index (χ1n) is 6.69. The molecule has 0 radical (unpaired) electrons. The third-order valence-electron chi connectivity index (χ3n) is 2.74. The minimum absolute atomic E-state index is 0.177. The average Bonchev–Trinajstić information content (AvgIpc) is 2.31. The van der Waals surface area contributed by atoms with Gasteiger partial charge in [-0.1, -0.05) is 44.9 Å². The molecule has 0 aliphatic heterocycles. The minimum Gasteiger partial charge on any atom is -0.488 e. The molecule has 3 heteroatoms. The SMILES string of the molecule is CCCC(CNC(C)C)Oc1cc(C)ccc1Cl. The van der Waals surface area contributed by atoms with E-state index in [-0.39, 0.29) is 6.10 Å². The number of aryl methyl sites for hydroxylation is 1. The molecular formula is C15H24ClNO. The van der Waals surface area contributed by atoms with Crippen LogP contribution in [0.25, 0.3) is 0 Å². The molecule has 1 rings (SSSR count). The summed E-state index contributed by atoms with van der Waals surface area (Å²) in [5.41, 5.74) is 1.17. The van der Waals surface area contributed by atoms with Gasteiger partial charge in [0.15, 0.2) is 0 Å². The van der Waals surface area contributed by atoms with Gasteiger partial charge in [-0.15, -0.1) is 0 Å². The summed E-state index contributed by atoms with van der Waals surface area (Å²) < 4.78 is 6.02. The van der Waals surface area contributed by atoms with Crippen LogP contribution < -0.4 is 10.1 Å². The van der Waals surface area contributed by atoms with Crippen molar-refractivity contribution >= 4 is 11.6 Å². The van der Waals surface area contributed by atoms with Crippen LogP contribution in [0.4, 0.5) is 0 Å². The Labute approximate surface area is 116 Å². The number of rotatable bonds is 7. The van der Waals surface area contributed by atoms with Crippen LogP contribution in [0.15, 0.2) is 18.2 Å². The smallest absolute Gasteiger partial charge is 0.138 e. The molecule has 1 atom stereocenters. The molecule has 1 unspecified atom stereocenters. The zero-order chi connectivity index (χ0) is 13.5. The Morgan fingerprint density at radius 1 is 1.33 bits per heavy atom. The molecule has 102 valence electrons. The van der Waals surface area contributed by atoms with E-state index in [0.717, 1.165) is 25.1 Å². The maximum absolute atomic E-state index is 6.16. The van der Waals surface area contributed by atoms with E-state index in [4.69, 9.17) is 16.3 Å². The molecule has 0 bridgehead atoms. The van der Waals surface area contributed by atoms with E-state index < -0.39 is 0 Å². The maximum atomic E-state index is 6.16. The van der Waals surface area contributed by atoms with Crippen LogP contribution in [0.2, 0.25) is 5.02 Å². The molecule has 0 saturated heterocycles. The fourth-order valence-corrected chi connectivity index (χ4v) is 1.93. The molecule has 0 amide bonds. The van der Waals surface area contributed by atoms with Gasteiger partial charge in [0.2, 0.25) is 0 Å². The van der Waals surface area contributed by atoms with E-state index in [1.165, 1.54) is 5.56 Å². The normalized spacial score (nSPS) is 12.8. The summed E-state index contributed by atoms with van der Waals surface area (Å²) >= 11 is 6.16. The van der Waals surface area contributed by atoms with Crippen LogP contribution in [0.3, 0.4) is 0 Å². The molecule has 0 aromatic heterocycles. The summed E-state index contributed by atoms with van der Waals surface area (Å²) in [5.74, 6) is 0.792. The van der Waals surface area contributed by atoms with Crippen LogP contribution in [-0.2, 0) is 0 Å². The number of hydrogen-bond acceptors (Lipinski definition) is 2. The second-order valence-corrected chi connectivity index (χ2v) is 5.43. The number of benzene rings is 1. The van der Waals surface area contributed by atoms with E-state index in [1.807, 2.05) is 25.1 Å². The van der Waals surface area contributed by atoms with E-state index >= 15 is 0 Å². The minimum atomic E-state index is 0.177. The maximum Gasteiger partial charge on any atom is 0.138 e.